The van der Waals surface area contributed by atoms with Crippen LogP contribution in [0.1, 0.15) is 45.4 Å². The normalized spacial score (nSPS) is 23.7. The van der Waals surface area contributed by atoms with Gasteiger partial charge in [-0.25, -0.2) is 0 Å². The zero-order chi connectivity index (χ0) is 13.9. The monoisotopic (exact) mass is 267 g/mol. The minimum absolute atomic E-state index is 0.00132. The van der Waals surface area contributed by atoms with Crippen LogP contribution in [0.4, 0.5) is 0 Å². The zero-order valence-electron chi connectivity index (χ0n) is 11.8. The Morgan fingerprint density at radius 1 is 1.42 bits per heavy atom. The van der Waals surface area contributed by atoms with Crippen molar-refractivity contribution in [3.63, 3.8) is 0 Å². The van der Waals surface area contributed by atoms with Crippen LogP contribution in [0.3, 0.4) is 0 Å². The number of hydrogen-bond donors (Lipinski definition) is 2. The number of carbonyl (C=O) groups is 2. The number of amides is 2. The van der Waals surface area contributed by atoms with E-state index in [2.05, 4.69) is 5.32 Å². The average molecular weight is 267 g/mol. The van der Waals surface area contributed by atoms with Crippen LogP contribution in [0, 0.1) is 5.41 Å². The molecule has 5 nitrogen and oxygen atoms in total. The summed E-state index contributed by atoms with van der Waals surface area (Å²) in [5.41, 5.74) is 5.45. The Labute approximate surface area is 114 Å². The first-order valence-electron chi connectivity index (χ1n) is 7.36. The molecule has 2 rings (SSSR count). The number of likely N-dealkylation sites (tertiary alicyclic amines) is 1. The molecule has 1 saturated heterocycles. The van der Waals surface area contributed by atoms with Gasteiger partial charge in [0, 0.05) is 32.1 Å². The largest absolute Gasteiger partial charge is 0.351 e. The van der Waals surface area contributed by atoms with E-state index in [4.69, 9.17) is 5.73 Å². The van der Waals surface area contributed by atoms with Gasteiger partial charge in [-0.1, -0.05) is 12.8 Å². The molecule has 0 radical (unpaired) electrons. The van der Waals surface area contributed by atoms with Crippen LogP contribution in [0.15, 0.2) is 0 Å². The fourth-order valence-corrected chi connectivity index (χ4v) is 3.23. The number of nitrogens with one attached hydrogen (secondary N) is 1. The Morgan fingerprint density at radius 3 is 2.63 bits per heavy atom. The Hall–Kier alpha value is -1.10. The minimum Gasteiger partial charge on any atom is -0.351 e. The van der Waals surface area contributed by atoms with Crippen molar-refractivity contribution in [1.29, 1.82) is 0 Å². The van der Waals surface area contributed by atoms with Crippen molar-refractivity contribution >= 4 is 11.8 Å². The molecule has 1 heterocycles. The van der Waals surface area contributed by atoms with Crippen molar-refractivity contribution in [2.24, 2.45) is 11.1 Å². The fraction of sp³-hybridized carbons (Fsp3) is 0.857. The Balaban J connectivity index is 1.85. The lowest BCUT2D eigenvalue weighted by atomic mass is 9.85. The minimum atomic E-state index is -0.358. The van der Waals surface area contributed by atoms with Crippen LogP contribution in [-0.4, -0.2) is 42.4 Å². The predicted molar refractivity (Wildman–Crippen MR) is 73.4 cm³/mol. The molecule has 19 heavy (non-hydrogen) atoms. The highest BCUT2D eigenvalue weighted by atomic mass is 16.2. The van der Waals surface area contributed by atoms with Crippen LogP contribution in [0.25, 0.3) is 0 Å². The number of carbonyl (C=O) groups excluding carboxylic acids is 2. The van der Waals surface area contributed by atoms with E-state index in [1.807, 2.05) is 11.8 Å². The average Bonchev–Trinajstić information content (AvgIpc) is 3.00. The SMILES string of the molecule is CC(CN1CCCC1=O)NC(=O)C1(CN)CCCC1. The van der Waals surface area contributed by atoms with Gasteiger partial charge in [-0.2, -0.15) is 0 Å². The van der Waals surface area contributed by atoms with Crippen LogP contribution in [-0.2, 0) is 9.59 Å². The maximum Gasteiger partial charge on any atom is 0.227 e. The van der Waals surface area contributed by atoms with Crippen LogP contribution in [0.5, 0.6) is 0 Å². The second kappa shape index (κ2) is 5.90. The predicted octanol–water partition coefficient (Wildman–Crippen LogP) is 0.633. The van der Waals surface area contributed by atoms with Crippen molar-refractivity contribution in [2.75, 3.05) is 19.6 Å². The van der Waals surface area contributed by atoms with E-state index in [1.54, 1.807) is 0 Å². The van der Waals surface area contributed by atoms with E-state index in [9.17, 15) is 9.59 Å². The molecule has 0 aromatic rings. The van der Waals surface area contributed by atoms with Crippen molar-refractivity contribution in [1.82, 2.24) is 10.2 Å². The molecule has 1 aliphatic heterocycles. The second-order valence-corrected chi connectivity index (χ2v) is 6.01. The van der Waals surface area contributed by atoms with Crippen LogP contribution in [0.2, 0.25) is 0 Å². The fourth-order valence-electron chi connectivity index (χ4n) is 3.23. The third-order valence-corrected chi connectivity index (χ3v) is 4.48. The van der Waals surface area contributed by atoms with Gasteiger partial charge in [0.05, 0.1) is 5.41 Å². The molecule has 0 bridgehead atoms. The van der Waals surface area contributed by atoms with Gasteiger partial charge in [0.25, 0.3) is 0 Å². The topological polar surface area (TPSA) is 75.4 Å². The molecule has 3 N–H and O–H groups in total. The summed E-state index contributed by atoms with van der Waals surface area (Å²) in [4.78, 5) is 25.8. The summed E-state index contributed by atoms with van der Waals surface area (Å²) in [6.45, 7) is 3.82. The van der Waals surface area contributed by atoms with Crippen LogP contribution < -0.4 is 11.1 Å². The van der Waals surface area contributed by atoms with E-state index in [1.165, 1.54) is 0 Å². The first kappa shape index (κ1) is 14.3. The Kier molecular flexibility index (Phi) is 4.45. The van der Waals surface area contributed by atoms with Crippen molar-refractivity contribution in [2.45, 2.75) is 51.5 Å². The molecule has 0 spiro atoms. The van der Waals surface area contributed by atoms with Gasteiger partial charge in [0.1, 0.15) is 0 Å². The molecular formula is C14H25N3O2. The van der Waals surface area contributed by atoms with Gasteiger partial charge in [-0.05, 0) is 26.2 Å². The molecule has 5 heteroatoms. The highest BCUT2D eigenvalue weighted by Gasteiger charge is 2.40. The summed E-state index contributed by atoms with van der Waals surface area (Å²) in [6, 6.07) is -0.00132. The summed E-state index contributed by atoms with van der Waals surface area (Å²) < 4.78 is 0. The van der Waals surface area contributed by atoms with Gasteiger partial charge in [-0.15, -0.1) is 0 Å². The molecule has 1 saturated carbocycles. The molecular weight excluding hydrogens is 242 g/mol. The number of nitrogens with zero attached hydrogens (tertiary/aromatic N) is 1. The van der Waals surface area contributed by atoms with Crippen molar-refractivity contribution < 1.29 is 9.59 Å². The second-order valence-electron chi connectivity index (χ2n) is 6.01. The third kappa shape index (κ3) is 3.08. The highest BCUT2D eigenvalue weighted by molar-refractivity contribution is 5.83. The van der Waals surface area contributed by atoms with E-state index in [0.717, 1.165) is 38.6 Å². The summed E-state index contributed by atoms with van der Waals surface area (Å²) in [6.07, 6.45) is 5.54. The van der Waals surface area contributed by atoms with Crippen LogP contribution >= 0.6 is 0 Å². The number of nitrogens with two attached hydrogens (primary N) is 1. The van der Waals surface area contributed by atoms with Gasteiger partial charge < -0.3 is 16.0 Å². The van der Waals surface area contributed by atoms with E-state index < -0.39 is 0 Å². The van der Waals surface area contributed by atoms with Gasteiger partial charge in [0.2, 0.25) is 11.8 Å². The Bertz CT molecular complexity index is 351. The molecule has 2 amide bonds. The lowest BCUT2D eigenvalue weighted by Crippen LogP contribution is -2.50. The molecule has 1 atom stereocenters. The van der Waals surface area contributed by atoms with E-state index in [0.29, 0.717) is 19.5 Å². The first-order valence-corrected chi connectivity index (χ1v) is 7.36. The molecule has 1 unspecified atom stereocenters. The smallest absolute Gasteiger partial charge is 0.227 e. The zero-order valence-corrected chi connectivity index (χ0v) is 11.8. The summed E-state index contributed by atoms with van der Waals surface area (Å²) in [5, 5.41) is 3.05. The third-order valence-electron chi connectivity index (χ3n) is 4.48. The van der Waals surface area contributed by atoms with Gasteiger partial charge in [-0.3, -0.25) is 9.59 Å². The van der Waals surface area contributed by atoms with Gasteiger partial charge >= 0.3 is 0 Å². The lowest BCUT2D eigenvalue weighted by Gasteiger charge is -2.29. The van der Waals surface area contributed by atoms with E-state index in [-0.39, 0.29) is 23.3 Å². The summed E-state index contributed by atoms with van der Waals surface area (Å²) >= 11 is 0. The Morgan fingerprint density at radius 2 is 2.11 bits per heavy atom. The molecule has 2 aliphatic rings. The first-order chi connectivity index (χ1) is 9.07. The van der Waals surface area contributed by atoms with E-state index >= 15 is 0 Å². The molecule has 1 aliphatic carbocycles. The standard InChI is InChI=1S/C14H25N3O2/c1-11(9-17-8-4-5-12(17)18)16-13(19)14(10-15)6-2-3-7-14/h11H,2-10,15H2,1H3,(H,16,19). The highest BCUT2D eigenvalue weighted by Crippen LogP contribution is 2.37. The molecule has 2 fully saturated rings. The summed E-state index contributed by atoms with van der Waals surface area (Å²) in [5.74, 6) is 0.280. The summed E-state index contributed by atoms with van der Waals surface area (Å²) in [7, 11) is 0. The maximum absolute atomic E-state index is 12.4. The molecule has 0 aromatic heterocycles. The lowest BCUT2D eigenvalue weighted by molar-refractivity contribution is -0.132. The molecule has 108 valence electrons. The number of hydrogen-bond acceptors (Lipinski definition) is 3. The number of rotatable bonds is 5. The molecule has 0 aromatic carbocycles. The quantitative estimate of drug-likeness (QED) is 0.767. The maximum atomic E-state index is 12.4. The van der Waals surface area contributed by atoms with Gasteiger partial charge in [0.15, 0.2) is 0 Å². The van der Waals surface area contributed by atoms with Crippen molar-refractivity contribution in [3.05, 3.63) is 0 Å². The van der Waals surface area contributed by atoms with Crippen molar-refractivity contribution in [3.8, 4) is 0 Å².